The molecule has 0 atom stereocenters. The van der Waals surface area contributed by atoms with E-state index >= 15 is 0 Å². The molecule has 21 heavy (non-hydrogen) atoms. The summed E-state index contributed by atoms with van der Waals surface area (Å²) in [6.07, 6.45) is 0. The largest absolute Gasteiger partial charge is 0.486 e. The second-order valence-electron chi connectivity index (χ2n) is 4.41. The monoisotopic (exact) mass is 300 g/mol. The molecule has 1 aliphatic rings. The van der Waals surface area contributed by atoms with Crippen LogP contribution in [0.5, 0.6) is 5.75 Å². The van der Waals surface area contributed by atoms with Crippen LogP contribution in [0.15, 0.2) is 40.1 Å². The summed E-state index contributed by atoms with van der Waals surface area (Å²) in [5, 5.41) is 17.6. The van der Waals surface area contributed by atoms with Crippen molar-refractivity contribution in [3.05, 3.63) is 46.4 Å². The Labute approximate surface area is 125 Å². The molecule has 0 radical (unpaired) electrons. The van der Waals surface area contributed by atoms with Crippen molar-refractivity contribution in [3.8, 4) is 11.8 Å². The molecule has 0 fully saturated rings. The van der Waals surface area contributed by atoms with Crippen LogP contribution in [0.25, 0.3) is 0 Å². The third-order valence-corrected chi connectivity index (χ3v) is 3.79. The summed E-state index contributed by atoms with van der Waals surface area (Å²) in [5.41, 5.74) is 9.77. The zero-order valence-corrected chi connectivity index (χ0v) is 12.0. The van der Waals surface area contributed by atoms with Gasteiger partial charge >= 0.3 is 0 Å². The Morgan fingerprint density at radius 2 is 2.33 bits per heavy atom. The average molecular weight is 300 g/mol. The van der Waals surface area contributed by atoms with Crippen molar-refractivity contribution in [1.29, 1.82) is 5.26 Å². The van der Waals surface area contributed by atoms with Crippen molar-refractivity contribution in [3.63, 3.8) is 0 Å². The van der Waals surface area contributed by atoms with Crippen molar-refractivity contribution >= 4 is 11.8 Å². The number of thioether (sulfide) groups is 1. The summed E-state index contributed by atoms with van der Waals surface area (Å²) in [6, 6.07) is 9.76. The zero-order chi connectivity index (χ0) is 14.8. The van der Waals surface area contributed by atoms with E-state index in [0.717, 1.165) is 11.3 Å². The molecule has 0 spiro atoms. The molecule has 0 saturated carbocycles. The number of nitrogens with two attached hydrogens (primary N) is 1. The van der Waals surface area contributed by atoms with E-state index in [1.54, 1.807) is 4.68 Å². The normalized spacial score (nSPS) is 13.3. The van der Waals surface area contributed by atoms with Gasteiger partial charge in [-0.2, -0.15) is 5.26 Å². The molecule has 0 amide bonds. The standard InChI is InChI=1S/C13H12N6OS/c1-8-3-2-4-9(5-8)20-7-11-16-17-13-19(11)18-12(15)10(6-14)21-13/h2-5,18H,7,15H2,1H3. The average Bonchev–Trinajstić information content (AvgIpc) is 2.86. The number of aryl methyl sites for hydroxylation is 1. The first-order valence-electron chi connectivity index (χ1n) is 6.16. The molecule has 106 valence electrons. The van der Waals surface area contributed by atoms with Gasteiger partial charge in [0.1, 0.15) is 29.2 Å². The van der Waals surface area contributed by atoms with Gasteiger partial charge < -0.3 is 10.5 Å². The number of nitrogens with one attached hydrogen (secondary N) is 1. The van der Waals surface area contributed by atoms with Crippen LogP contribution in [0.1, 0.15) is 11.4 Å². The zero-order valence-electron chi connectivity index (χ0n) is 11.2. The molecule has 0 unspecified atom stereocenters. The molecule has 0 saturated heterocycles. The van der Waals surface area contributed by atoms with Crippen LogP contribution in [0.3, 0.4) is 0 Å². The molecule has 0 bridgehead atoms. The van der Waals surface area contributed by atoms with Crippen LogP contribution >= 0.6 is 11.8 Å². The van der Waals surface area contributed by atoms with E-state index in [4.69, 9.17) is 15.7 Å². The van der Waals surface area contributed by atoms with E-state index in [0.29, 0.717) is 15.9 Å². The Bertz CT molecular complexity index is 760. The van der Waals surface area contributed by atoms with Gasteiger partial charge in [-0.05, 0) is 36.4 Å². The predicted molar refractivity (Wildman–Crippen MR) is 77.6 cm³/mol. The number of aromatic nitrogens is 3. The Kier molecular flexibility index (Phi) is 3.41. The quantitative estimate of drug-likeness (QED) is 0.884. The summed E-state index contributed by atoms with van der Waals surface area (Å²) < 4.78 is 7.31. The van der Waals surface area contributed by atoms with Gasteiger partial charge in [0, 0.05) is 0 Å². The van der Waals surface area contributed by atoms with Crippen LogP contribution in [-0.4, -0.2) is 14.9 Å². The molecular weight excluding hydrogens is 288 g/mol. The molecule has 1 aromatic carbocycles. The number of allylic oxidation sites excluding steroid dienone is 1. The lowest BCUT2D eigenvalue weighted by molar-refractivity contribution is 0.291. The Balaban J connectivity index is 1.76. The first-order chi connectivity index (χ1) is 10.2. The minimum atomic E-state index is 0.249. The summed E-state index contributed by atoms with van der Waals surface area (Å²) in [5.74, 6) is 1.63. The van der Waals surface area contributed by atoms with Crippen LogP contribution in [0.4, 0.5) is 0 Å². The molecule has 7 nitrogen and oxygen atoms in total. The summed E-state index contributed by atoms with van der Waals surface area (Å²) in [7, 11) is 0. The Morgan fingerprint density at radius 1 is 1.48 bits per heavy atom. The van der Waals surface area contributed by atoms with Crippen LogP contribution < -0.4 is 15.9 Å². The minimum Gasteiger partial charge on any atom is -0.486 e. The molecule has 3 N–H and O–H groups in total. The van der Waals surface area contributed by atoms with E-state index in [1.165, 1.54) is 11.8 Å². The number of nitrogens with zero attached hydrogens (tertiary/aromatic N) is 4. The Hall–Kier alpha value is -2.66. The van der Waals surface area contributed by atoms with Gasteiger partial charge in [-0.1, -0.05) is 12.1 Å². The number of rotatable bonds is 3. The van der Waals surface area contributed by atoms with Crippen molar-refractivity contribution in [2.45, 2.75) is 18.7 Å². The first kappa shape index (κ1) is 13.3. The fourth-order valence-corrected chi connectivity index (χ4v) is 2.53. The SMILES string of the molecule is Cc1cccc(OCc2nnc3n2NC(N)=C(C#N)S3)c1. The van der Waals surface area contributed by atoms with Gasteiger partial charge in [0.25, 0.3) is 0 Å². The highest BCUT2D eigenvalue weighted by molar-refractivity contribution is 8.03. The maximum Gasteiger partial charge on any atom is 0.216 e. The van der Waals surface area contributed by atoms with Crippen molar-refractivity contribution in [2.24, 2.45) is 5.73 Å². The number of ether oxygens (including phenoxy) is 1. The maximum absolute atomic E-state index is 8.94. The number of hydrogen-bond donors (Lipinski definition) is 2. The third-order valence-electron chi connectivity index (χ3n) is 2.83. The van der Waals surface area contributed by atoms with E-state index in [2.05, 4.69) is 15.6 Å². The van der Waals surface area contributed by atoms with Crippen LogP contribution in [0, 0.1) is 18.3 Å². The molecule has 2 heterocycles. The fourth-order valence-electron chi connectivity index (χ4n) is 1.83. The maximum atomic E-state index is 8.94. The van der Waals surface area contributed by atoms with Gasteiger partial charge in [-0.3, -0.25) is 5.43 Å². The molecule has 0 aliphatic carbocycles. The van der Waals surface area contributed by atoms with E-state index < -0.39 is 0 Å². The molecular formula is C13H12N6OS. The summed E-state index contributed by atoms with van der Waals surface area (Å²) in [6.45, 7) is 2.25. The van der Waals surface area contributed by atoms with E-state index in [9.17, 15) is 0 Å². The van der Waals surface area contributed by atoms with Crippen molar-refractivity contribution in [1.82, 2.24) is 14.9 Å². The van der Waals surface area contributed by atoms with Gasteiger partial charge in [-0.25, -0.2) is 4.68 Å². The highest BCUT2D eigenvalue weighted by Gasteiger charge is 2.22. The molecule has 1 aliphatic heterocycles. The second-order valence-corrected chi connectivity index (χ2v) is 5.39. The van der Waals surface area contributed by atoms with Crippen LogP contribution in [-0.2, 0) is 6.61 Å². The minimum absolute atomic E-state index is 0.249. The lowest BCUT2D eigenvalue weighted by atomic mass is 10.2. The molecule has 2 aromatic rings. The number of benzene rings is 1. The molecule has 1 aromatic heterocycles. The highest BCUT2D eigenvalue weighted by atomic mass is 32.2. The highest BCUT2D eigenvalue weighted by Crippen LogP contribution is 2.29. The van der Waals surface area contributed by atoms with E-state index in [1.807, 2.05) is 37.3 Å². The Morgan fingerprint density at radius 3 is 3.10 bits per heavy atom. The van der Waals surface area contributed by atoms with Gasteiger partial charge in [-0.15, -0.1) is 10.2 Å². The van der Waals surface area contributed by atoms with Crippen LogP contribution in [0.2, 0.25) is 0 Å². The first-order valence-corrected chi connectivity index (χ1v) is 6.97. The second kappa shape index (κ2) is 5.38. The predicted octanol–water partition coefficient (Wildman–Crippen LogP) is 1.47. The third kappa shape index (κ3) is 2.64. The number of nitriles is 1. The topological polar surface area (TPSA) is 102 Å². The summed E-state index contributed by atoms with van der Waals surface area (Å²) >= 11 is 1.17. The molecule has 3 rings (SSSR count). The smallest absolute Gasteiger partial charge is 0.216 e. The molecule has 8 heteroatoms. The van der Waals surface area contributed by atoms with Gasteiger partial charge in [0.05, 0.1) is 0 Å². The number of fused-ring (bicyclic) bond motifs is 1. The lowest BCUT2D eigenvalue weighted by Crippen LogP contribution is -2.27. The summed E-state index contributed by atoms with van der Waals surface area (Å²) in [4.78, 5) is 0.376. The number of hydrogen-bond acceptors (Lipinski definition) is 7. The fraction of sp³-hybridized carbons (Fsp3) is 0.154. The van der Waals surface area contributed by atoms with E-state index in [-0.39, 0.29) is 12.4 Å². The van der Waals surface area contributed by atoms with Gasteiger partial charge in [0.15, 0.2) is 5.82 Å². The lowest BCUT2D eigenvalue weighted by Gasteiger charge is -2.17. The van der Waals surface area contributed by atoms with Crippen molar-refractivity contribution < 1.29 is 4.74 Å². The van der Waals surface area contributed by atoms with Gasteiger partial charge in [0.2, 0.25) is 5.16 Å². The van der Waals surface area contributed by atoms with Crippen molar-refractivity contribution in [2.75, 3.05) is 5.43 Å².